The zero-order valence-corrected chi connectivity index (χ0v) is 14.8. The first kappa shape index (κ1) is 17.0. The zero-order chi connectivity index (χ0) is 18.2. The van der Waals surface area contributed by atoms with Gasteiger partial charge in [0.1, 0.15) is 17.2 Å². The van der Waals surface area contributed by atoms with Crippen molar-refractivity contribution in [2.75, 3.05) is 21.3 Å². The molecule has 0 aliphatic carbocycles. The number of Topliss-reactive ketones (excluding diaryl/α,β-unsaturated/α-hetero) is 1. The summed E-state index contributed by atoms with van der Waals surface area (Å²) in [5.41, 5.74) is 0.830. The van der Waals surface area contributed by atoms with E-state index in [-0.39, 0.29) is 21.9 Å². The van der Waals surface area contributed by atoms with Gasteiger partial charge in [-0.05, 0) is 35.9 Å². The Balaban J connectivity index is 2.18. The van der Waals surface area contributed by atoms with E-state index in [4.69, 9.17) is 9.47 Å². The number of likely N-dealkylation sites (N-methyl/N-ethyl adjacent to an activating group) is 1. The lowest BCUT2D eigenvalue weighted by Crippen LogP contribution is -2.36. The molecule has 0 atom stereocenters. The summed E-state index contributed by atoms with van der Waals surface area (Å²) in [7, 11) is 0.631. The Hall–Kier alpha value is -2.80. The maximum absolute atomic E-state index is 12.8. The van der Waals surface area contributed by atoms with Gasteiger partial charge in [-0.1, -0.05) is 12.1 Å². The molecule has 0 fully saturated rings. The summed E-state index contributed by atoms with van der Waals surface area (Å²) in [5, 5.41) is 0. The average molecular weight is 359 g/mol. The van der Waals surface area contributed by atoms with Crippen molar-refractivity contribution in [3.8, 4) is 11.5 Å². The fraction of sp³-hybridized carbons (Fsp3) is 0.167. The molecule has 1 aliphatic heterocycles. The van der Waals surface area contributed by atoms with Crippen LogP contribution in [0.2, 0.25) is 0 Å². The number of allylic oxidation sites excluding steroid dienone is 1. The van der Waals surface area contributed by atoms with E-state index in [9.17, 15) is 13.2 Å². The summed E-state index contributed by atoms with van der Waals surface area (Å²) in [6.07, 6.45) is 1.51. The van der Waals surface area contributed by atoms with Crippen molar-refractivity contribution in [1.29, 1.82) is 0 Å². The normalized spacial score (nSPS) is 17.3. The lowest BCUT2D eigenvalue weighted by atomic mass is 10.1. The smallest absolute Gasteiger partial charge is 0.264 e. The molecular weight excluding hydrogens is 342 g/mol. The molecule has 3 rings (SSSR count). The van der Waals surface area contributed by atoms with Crippen molar-refractivity contribution < 1.29 is 22.7 Å². The standard InChI is InChI=1S/C18H17NO5S/c1-19-16(10-12-8-13(23-2)11-14(9-12)24-3)18(20)15-6-4-5-7-17(15)25(19,21)22/h4-11H,1-3H3/b16-10-. The Morgan fingerprint density at radius 3 is 2.20 bits per heavy atom. The minimum atomic E-state index is -3.77. The third kappa shape index (κ3) is 2.87. The number of hydrogen-bond acceptors (Lipinski definition) is 5. The van der Waals surface area contributed by atoms with Gasteiger partial charge >= 0.3 is 0 Å². The Labute approximate surface area is 146 Å². The number of sulfonamides is 1. The van der Waals surface area contributed by atoms with Crippen LogP contribution in [0.5, 0.6) is 11.5 Å². The second-order valence-corrected chi connectivity index (χ2v) is 7.41. The first-order valence-electron chi connectivity index (χ1n) is 7.46. The Bertz CT molecular complexity index is 956. The highest BCUT2D eigenvalue weighted by atomic mass is 32.2. The number of benzene rings is 2. The minimum absolute atomic E-state index is 0.0165. The van der Waals surface area contributed by atoms with Gasteiger partial charge in [0.25, 0.3) is 10.0 Å². The molecule has 7 heteroatoms. The highest BCUT2D eigenvalue weighted by molar-refractivity contribution is 7.89. The Morgan fingerprint density at radius 2 is 1.60 bits per heavy atom. The van der Waals surface area contributed by atoms with E-state index < -0.39 is 10.0 Å². The third-order valence-electron chi connectivity index (χ3n) is 4.02. The van der Waals surface area contributed by atoms with E-state index in [1.807, 2.05) is 0 Å². The van der Waals surface area contributed by atoms with Crippen LogP contribution in [-0.4, -0.2) is 39.8 Å². The van der Waals surface area contributed by atoms with Gasteiger partial charge in [-0.3, -0.25) is 9.10 Å². The van der Waals surface area contributed by atoms with E-state index in [0.29, 0.717) is 17.1 Å². The molecule has 130 valence electrons. The van der Waals surface area contributed by atoms with Gasteiger partial charge in [0, 0.05) is 18.7 Å². The topological polar surface area (TPSA) is 72.9 Å². The van der Waals surface area contributed by atoms with Gasteiger partial charge in [-0.2, -0.15) is 0 Å². The first-order chi connectivity index (χ1) is 11.9. The molecule has 0 saturated heterocycles. The Kier molecular flexibility index (Phi) is 4.26. The molecule has 0 aromatic heterocycles. The third-order valence-corrected chi connectivity index (χ3v) is 5.85. The fourth-order valence-electron chi connectivity index (χ4n) is 2.66. The number of carbonyl (C=O) groups excluding carboxylic acids is 1. The monoisotopic (exact) mass is 359 g/mol. The van der Waals surface area contributed by atoms with Gasteiger partial charge < -0.3 is 9.47 Å². The molecule has 1 heterocycles. The van der Waals surface area contributed by atoms with E-state index in [1.54, 1.807) is 30.3 Å². The molecule has 6 nitrogen and oxygen atoms in total. The minimum Gasteiger partial charge on any atom is -0.497 e. The van der Waals surface area contributed by atoms with Crippen molar-refractivity contribution in [2.45, 2.75) is 4.90 Å². The number of fused-ring (bicyclic) bond motifs is 1. The lowest BCUT2D eigenvalue weighted by molar-refractivity contribution is 0.101. The highest BCUT2D eigenvalue weighted by Crippen LogP contribution is 2.32. The number of rotatable bonds is 3. The molecule has 0 amide bonds. The fourth-order valence-corrected chi connectivity index (χ4v) is 4.04. The van der Waals surface area contributed by atoms with E-state index in [1.165, 1.54) is 39.5 Å². The average Bonchev–Trinajstić information content (AvgIpc) is 2.63. The summed E-state index contributed by atoms with van der Waals surface area (Å²) in [4.78, 5) is 12.8. The van der Waals surface area contributed by atoms with Crippen LogP contribution in [-0.2, 0) is 10.0 Å². The van der Waals surface area contributed by atoms with Gasteiger partial charge in [0.05, 0.1) is 19.1 Å². The number of methoxy groups -OCH3 is 2. The van der Waals surface area contributed by atoms with Crippen LogP contribution in [0.25, 0.3) is 6.08 Å². The molecule has 0 N–H and O–H groups in total. The van der Waals surface area contributed by atoms with Gasteiger partial charge in [-0.15, -0.1) is 0 Å². The van der Waals surface area contributed by atoms with Crippen molar-refractivity contribution in [3.05, 3.63) is 59.3 Å². The second-order valence-electron chi connectivity index (χ2n) is 5.47. The maximum Gasteiger partial charge on any atom is 0.264 e. The number of nitrogens with zero attached hydrogens (tertiary/aromatic N) is 1. The molecule has 2 aromatic rings. The zero-order valence-electron chi connectivity index (χ0n) is 14.0. The van der Waals surface area contributed by atoms with Gasteiger partial charge in [0.15, 0.2) is 0 Å². The van der Waals surface area contributed by atoms with Crippen molar-refractivity contribution in [2.24, 2.45) is 0 Å². The highest BCUT2D eigenvalue weighted by Gasteiger charge is 2.36. The van der Waals surface area contributed by atoms with E-state index >= 15 is 0 Å². The maximum atomic E-state index is 12.8. The molecule has 0 unspecified atom stereocenters. The molecule has 0 radical (unpaired) electrons. The van der Waals surface area contributed by atoms with Crippen molar-refractivity contribution >= 4 is 21.9 Å². The Morgan fingerprint density at radius 1 is 1.00 bits per heavy atom. The predicted octanol–water partition coefficient (Wildman–Crippen LogP) is 2.56. The van der Waals surface area contributed by atoms with Crippen LogP contribution in [0.4, 0.5) is 0 Å². The number of ether oxygens (including phenoxy) is 2. The van der Waals surface area contributed by atoms with Crippen LogP contribution in [0, 0.1) is 0 Å². The summed E-state index contributed by atoms with van der Waals surface area (Å²) in [6.45, 7) is 0. The van der Waals surface area contributed by atoms with Crippen LogP contribution in [0.1, 0.15) is 15.9 Å². The molecule has 0 saturated carbocycles. The number of ketones is 1. The van der Waals surface area contributed by atoms with Crippen LogP contribution in [0.15, 0.2) is 53.1 Å². The number of carbonyl (C=O) groups is 1. The van der Waals surface area contributed by atoms with Crippen LogP contribution >= 0.6 is 0 Å². The lowest BCUT2D eigenvalue weighted by Gasteiger charge is -2.28. The number of hydrogen-bond donors (Lipinski definition) is 0. The molecular formula is C18H17NO5S. The summed E-state index contributed by atoms with van der Waals surface area (Å²) in [6, 6.07) is 11.3. The van der Waals surface area contributed by atoms with Crippen LogP contribution < -0.4 is 9.47 Å². The molecule has 1 aliphatic rings. The van der Waals surface area contributed by atoms with Crippen molar-refractivity contribution in [1.82, 2.24) is 4.31 Å². The predicted molar refractivity (Wildman–Crippen MR) is 93.2 cm³/mol. The van der Waals surface area contributed by atoms with E-state index in [2.05, 4.69) is 0 Å². The molecule has 2 aromatic carbocycles. The van der Waals surface area contributed by atoms with E-state index in [0.717, 1.165) is 4.31 Å². The van der Waals surface area contributed by atoms with Crippen LogP contribution in [0.3, 0.4) is 0 Å². The summed E-state index contributed by atoms with van der Waals surface area (Å²) in [5.74, 6) is 0.732. The molecule has 25 heavy (non-hydrogen) atoms. The first-order valence-corrected chi connectivity index (χ1v) is 8.90. The molecule has 0 bridgehead atoms. The second kappa shape index (κ2) is 6.25. The quantitative estimate of drug-likeness (QED) is 0.788. The van der Waals surface area contributed by atoms with Gasteiger partial charge in [-0.25, -0.2) is 8.42 Å². The largest absolute Gasteiger partial charge is 0.497 e. The van der Waals surface area contributed by atoms with Gasteiger partial charge in [0.2, 0.25) is 5.78 Å². The van der Waals surface area contributed by atoms with Crippen molar-refractivity contribution in [3.63, 3.8) is 0 Å². The SMILES string of the molecule is COc1cc(/C=C2/C(=O)c3ccccc3S(=O)(=O)N2C)cc(OC)c1. The summed E-state index contributed by atoms with van der Waals surface area (Å²) >= 11 is 0. The molecule has 0 spiro atoms. The summed E-state index contributed by atoms with van der Waals surface area (Å²) < 4.78 is 36.8.